The van der Waals surface area contributed by atoms with Crippen LogP contribution in [0.2, 0.25) is 0 Å². The van der Waals surface area contributed by atoms with Crippen molar-refractivity contribution in [1.82, 2.24) is 0 Å². The number of alkyl halides is 1. The van der Waals surface area contributed by atoms with Crippen molar-refractivity contribution in [3.63, 3.8) is 0 Å². The predicted molar refractivity (Wildman–Crippen MR) is 53.0 cm³/mol. The lowest BCUT2D eigenvalue weighted by Gasteiger charge is -1.99. The van der Waals surface area contributed by atoms with E-state index in [2.05, 4.69) is 22.6 Å². The number of aldehydes is 2. The average molecular weight is 268 g/mol. The fraction of sp³-hybridized carbons (Fsp3) is 0.750. The van der Waals surface area contributed by atoms with Crippen LogP contribution in [-0.4, -0.2) is 16.5 Å². The van der Waals surface area contributed by atoms with Crippen molar-refractivity contribution in [1.29, 1.82) is 0 Å². The minimum absolute atomic E-state index is 0.156. The number of carbonyl (C=O) groups is 2. The molecule has 0 aliphatic rings. The van der Waals surface area contributed by atoms with Crippen LogP contribution in [0.5, 0.6) is 0 Å². The lowest BCUT2D eigenvalue weighted by molar-refractivity contribution is -0.108. The molecule has 0 aromatic carbocycles. The number of carbonyl (C=O) groups excluding carboxylic acids is 2. The Labute approximate surface area is 80.9 Å². The first-order chi connectivity index (χ1) is 5.31. The summed E-state index contributed by atoms with van der Waals surface area (Å²) in [5.74, 6) is 0. The van der Waals surface area contributed by atoms with Crippen molar-refractivity contribution >= 4 is 35.2 Å². The van der Waals surface area contributed by atoms with Gasteiger partial charge in [-0.25, -0.2) is 0 Å². The lowest BCUT2D eigenvalue weighted by Crippen LogP contribution is -1.97. The SMILES string of the molecule is O=CCCCCCC(I)C=O. The van der Waals surface area contributed by atoms with Gasteiger partial charge in [-0.05, 0) is 12.8 Å². The Kier molecular flexibility index (Phi) is 8.22. The maximum Gasteiger partial charge on any atom is 0.132 e. The molecule has 0 fully saturated rings. The summed E-state index contributed by atoms with van der Waals surface area (Å²) in [4.78, 5) is 20.1. The first kappa shape index (κ1) is 11.1. The van der Waals surface area contributed by atoms with E-state index in [0.29, 0.717) is 6.42 Å². The van der Waals surface area contributed by atoms with E-state index in [9.17, 15) is 9.59 Å². The van der Waals surface area contributed by atoms with E-state index in [1.165, 1.54) is 0 Å². The molecule has 0 aromatic heterocycles. The molecule has 0 aromatic rings. The Morgan fingerprint density at radius 1 is 1.18 bits per heavy atom. The van der Waals surface area contributed by atoms with Crippen molar-refractivity contribution in [2.24, 2.45) is 0 Å². The van der Waals surface area contributed by atoms with E-state index in [0.717, 1.165) is 38.3 Å². The molecule has 11 heavy (non-hydrogen) atoms. The van der Waals surface area contributed by atoms with Crippen LogP contribution >= 0.6 is 22.6 Å². The summed E-state index contributed by atoms with van der Waals surface area (Å²) in [6.07, 6.45) is 6.61. The molecule has 0 spiro atoms. The fourth-order valence-corrected chi connectivity index (χ4v) is 1.25. The molecule has 1 atom stereocenters. The van der Waals surface area contributed by atoms with Gasteiger partial charge in [-0.15, -0.1) is 0 Å². The molecule has 0 radical (unpaired) electrons. The van der Waals surface area contributed by atoms with Gasteiger partial charge in [0, 0.05) is 6.42 Å². The van der Waals surface area contributed by atoms with E-state index in [4.69, 9.17) is 0 Å². The predicted octanol–water partition coefficient (Wildman–Crippen LogP) is 2.14. The van der Waals surface area contributed by atoms with Crippen LogP contribution < -0.4 is 0 Å². The third-order valence-corrected chi connectivity index (χ3v) is 2.37. The summed E-state index contributed by atoms with van der Waals surface area (Å²) in [5.41, 5.74) is 0. The minimum Gasteiger partial charge on any atom is -0.303 e. The van der Waals surface area contributed by atoms with Crippen LogP contribution in [0, 0.1) is 0 Å². The molecule has 0 saturated carbocycles. The van der Waals surface area contributed by atoms with Crippen molar-refractivity contribution in [3.8, 4) is 0 Å². The summed E-state index contributed by atoms with van der Waals surface area (Å²) in [5, 5.41) is 0. The van der Waals surface area contributed by atoms with Crippen molar-refractivity contribution < 1.29 is 9.59 Å². The first-order valence-corrected chi connectivity index (χ1v) is 5.09. The van der Waals surface area contributed by atoms with Crippen LogP contribution in [0.1, 0.15) is 32.1 Å². The lowest BCUT2D eigenvalue weighted by atomic mass is 10.1. The van der Waals surface area contributed by atoms with Crippen LogP contribution in [-0.2, 0) is 9.59 Å². The van der Waals surface area contributed by atoms with Gasteiger partial charge in [-0.2, -0.15) is 0 Å². The Balaban J connectivity index is 3.01. The van der Waals surface area contributed by atoms with E-state index in [1.54, 1.807) is 0 Å². The average Bonchev–Trinajstić information content (AvgIpc) is 2.04. The normalized spacial score (nSPS) is 12.5. The van der Waals surface area contributed by atoms with Crippen LogP contribution in [0.25, 0.3) is 0 Å². The largest absolute Gasteiger partial charge is 0.303 e. The molecule has 0 amide bonds. The minimum atomic E-state index is 0.156. The topological polar surface area (TPSA) is 34.1 Å². The van der Waals surface area contributed by atoms with E-state index in [1.807, 2.05) is 0 Å². The Bertz CT molecular complexity index is 115. The van der Waals surface area contributed by atoms with E-state index >= 15 is 0 Å². The second kappa shape index (κ2) is 8.17. The number of hydrogen-bond donors (Lipinski definition) is 0. The van der Waals surface area contributed by atoms with Crippen LogP contribution in [0.3, 0.4) is 0 Å². The summed E-state index contributed by atoms with van der Waals surface area (Å²) in [6.45, 7) is 0. The highest BCUT2D eigenvalue weighted by atomic mass is 127. The molecule has 0 bridgehead atoms. The van der Waals surface area contributed by atoms with Crippen molar-refractivity contribution in [3.05, 3.63) is 0 Å². The van der Waals surface area contributed by atoms with Gasteiger partial charge in [0.1, 0.15) is 12.6 Å². The summed E-state index contributed by atoms with van der Waals surface area (Å²) in [6, 6.07) is 0. The second-order valence-electron chi connectivity index (χ2n) is 2.46. The highest BCUT2D eigenvalue weighted by molar-refractivity contribution is 14.1. The molecule has 0 saturated heterocycles. The van der Waals surface area contributed by atoms with Gasteiger partial charge < -0.3 is 9.59 Å². The van der Waals surface area contributed by atoms with Crippen molar-refractivity contribution in [2.45, 2.75) is 36.0 Å². The Morgan fingerprint density at radius 2 is 1.91 bits per heavy atom. The summed E-state index contributed by atoms with van der Waals surface area (Å²) >= 11 is 2.13. The molecule has 1 unspecified atom stereocenters. The number of hydrogen-bond acceptors (Lipinski definition) is 2. The first-order valence-electron chi connectivity index (χ1n) is 3.84. The molecular formula is C8H13IO2. The van der Waals surface area contributed by atoms with Crippen LogP contribution in [0.4, 0.5) is 0 Å². The number of rotatable bonds is 7. The van der Waals surface area contributed by atoms with Gasteiger partial charge in [0.15, 0.2) is 0 Å². The number of halogens is 1. The zero-order valence-electron chi connectivity index (χ0n) is 6.46. The van der Waals surface area contributed by atoms with Gasteiger partial charge in [0.05, 0.1) is 3.92 Å². The van der Waals surface area contributed by atoms with E-state index in [-0.39, 0.29) is 3.92 Å². The van der Waals surface area contributed by atoms with Gasteiger partial charge >= 0.3 is 0 Å². The Hall–Kier alpha value is 0.0700. The summed E-state index contributed by atoms with van der Waals surface area (Å²) < 4.78 is 0.156. The standard InChI is InChI=1S/C8H13IO2/c9-8(7-11)5-3-1-2-4-6-10/h6-8H,1-5H2. The highest BCUT2D eigenvalue weighted by Crippen LogP contribution is 2.09. The van der Waals surface area contributed by atoms with Gasteiger partial charge in [0.2, 0.25) is 0 Å². The molecular weight excluding hydrogens is 255 g/mol. The third-order valence-electron chi connectivity index (χ3n) is 1.45. The Morgan fingerprint density at radius 3 is 2.45 bits per heavy atom. The zero-order chi connectivity index (χ0) is 8.53. The van der Waals surface area contributed by atoms with Gasteiger partial charge in [-0.3, -0.25) is 0 Å². The maximum atomic E-state index is 10.2. The van der Waals surface area contributed by atoms with Crippen LogP contribution in [0.15, 0.2) is 0 Å². The van der Waals surface area contributed by atoms with Gasteiger partial charge in [-0.1, -0.05) is 35.4 Å². The van der Waals surface area contributed by atoms with E-state index < -0.39 is 0 Å². The molecule has 64 valence electrons. The third kappa shape index (κ3) is 7.97. The zero-order valence-corrected chi connectivity index (χ0v) is 8.62. The maximum absolute atomic E-state index is 10.2. The quantitative estimate of drug-likeness (QED) is 0.307. The summed E-state index contributed by atoms with van der Waals surface area (Å²) in [7, 11) is 0. The van der Waals surface area contributed by atoms with Gasteiger partial charge in [0.25, 0.3) is 0 Å². The second-order valence-corrected chi connectivity index (χ2v) is 4.06. The molecule has 0 aliphatic carbocycles. The molecule has 2 nitrogen and oxygen atoms in total. The smallest absolute Gasteiger partial charge is 0.132 e. The highest BCUT2D eigenvalue weighted by Gasteiger charge is 1.99. The molecule has 0 N–H and O–H groups in total. The molecule has 3 heteroatoms. The molecule has 0 heterocycles. The molecule has 0 rings (SSSR count). The number of unbranched alkanes of at least 4 members (excludes halogenated alkanes) is 3. The van der Waals surface area contributed by atoms with Crippen molar-refractivity contribution in [2.75, 3.05) is 0 Å². The molecule has 0 aliphatic heterocycles. The fourth-order valence-electron chi connectivity index (χ4n) is 0.812. The monoisotopic (exact) mass is 268 g/mol.